The van der Waals surface area contributed by atoms with Gasteiger partial charge in [-0.15, -0.1) is 0 Å². The molecule has 0 aromatic heterocycles. The van der Waals surface area contributed by atoms with Crippen molar-refractivity contribution in [1.29, 1.82) is 0 Å². The number of aliphatic hydroxyl groups excluding tert-OH is 3. The smallest absolute Gasteiger partial charge is 0.156 e. The van der Waals surface area contributed by atoms with Crippen molar-refractivity contribution in [1.82, 2.24) is 0 Å². The molecule has 0 aromatic carbocycles. The molecule has 0 aromatic rings. The van der Waals surface area contributed by atoms with Crippen LogP contribution in [0, 0.1) is 0 Å². The van der Waals surface area contributed by atoms with Crippen LogP contribution < -0.4 is 0 Å². The average molecular weight is 166 g/mol. The molecule has 4 nitrogen and oxygen atoms in total. The van der Waals surface area contributed by atoms with Gasteiger partial charge in [0.1, 0.15) is 18.3 Å². The maximum atomic E-state index is 12.7. The van der Waals surface area contributed by atoms with Crippen molar-refractivity contribution in [3.63, 3.8) is 0 Å². The monoisotopic (exact) mass is 166 g/mol. The lowest BCUT2D eigenvalue weighted by molar-refractivity contribution is -0.174. The maximum Gasteiger partial charge on any atom is 0.156 e. The molecule has 1 fully saturated rings. The van der Waals surface area contributed by atoms with Gasteiger partial charge in [0.05, 0.1) is 13.2 Å². The third-order valence-electron chi connectivity index (χ3n) is 1.74. The summed E-state index contributed by atoms with van der Waals surface area (Å²) in [6.07, 6.45) is -5.34. The summed E-state index contributed by atoms with van der Waals surface area (Å²) in [5.41, 5.74) is 0. The summed E-state index contributed by atoms with van der Waals surface area (Å²) in [4.78, 5) is 0. The summed E-state index contributed by atoms with van der Waals surface area (Å²) in [6.45, 7) is -0.613. The second kappa shape index (κ2) is 3.44. The van der Waals surface area contributed by atoms with E-state index < -0.39 is 31.1 Å². The number of alkyl halides is 1. The van der Waals surface area contributed by atoms with Crippen LogP contribution in [-0.2, 0) is 4.74 Å². The van der Waals surface area contributed by atoms with E-state index in [0.29, 0.717) is 0 Å². The largest absolute Gasteiger partial charge is 0.394 e. The van der Waals surface area contributed by atoms with Crippen LogP contribution in [0.5, 0.6) is 0 Å². The highest BCUT2D eigenvalue weighted by atomic mass is 19.1. The van der Waals surface area contributed by atoms with E-state index >= 15 is 0 Å². The van der Waals surface area contributed by atoms with Gasteiger partial charge in [0.15, 0.2) is 6.17 Å². The Kier molecular flexibility index (Phi) is 2.78. The molecular formula is C6H11FO4. The number of hydrogen-bond acceptors (Lipinski definition) is 4. The van der Waals surface area contributed by atoms with Crippen LogP contribution >= 0.6 is 0 Å². The molecule has 0 spiro atoms. The third-order valence-corrected chi connectivity index (χ3v) is 1.74. The molecule has 1 aliphatic heterocycles. The molecule has 1 aliphatic rings. The van der Waals surface area contributed by atoms with Crippen LogP contribution in [0.3, 0.4) is 0 Å². The fraction of sp³-hybridized carbons (Fsp3) is 1.00. The standard InChI is InChI=1S/C6H11FO4/c7-5-3(9)2-11-4(1-8)6(5)10/h3-6,8-10H,1-2H2/t3?,4?,5-,6+/m0/s1. The minimum Gasteiger partial charge on any atom is -0.394 e. The normalized spacial score (nSPS) is 45.8. The topological polar surface area (TPSA) is 69.9 Å². The lowest BCUT2D eigenvalue weighted by Crippen LogP contribution is -2.52. The van der Waals surface area contributed by atoms with E-state index in [2.05, 4.69) is 0 Å². The van der Waals surface area contributed by atoms with Gasteiger partial charge < -0.3 is 20.1 Å². The van der Waals surface area contributed by atoms with Gasteiger partial charge in [-0.25, -0.2) is 4.39 Å². The predicted octanol–water partition coefficient (Wildman–Crippen LogP) is -1.56. The van der Waals surface area contributed by atoms with Crippen LogP contribution in [0.25, 0.3) is 0 Å². The first kappa shape index (κ1) is 8.86. The van der Waals surface area contributed by atoms with Gasteiger partial charge in [0.2, 0.25) is 0 Å². The maximum absolute atomic E-state index is 12.7. The summed E-state index contributed by atoms with van der Waals surface area (Å²) in [5.74, 6) is 0. The first-order valence-electron chi connectivity index (χ1n) is 3.39. The van der Waals surface area contributed by atoms with Crippen molar-refractivity contribution in [2.75, 3.05) is 13.2 Å². The van der Waals surface area contributed by atoms with E-state index in [-0.39, 0.29) is 6.61 Å². The molecule has 1 saturated heterocycles. The molecule has 3 N–H and O–H groups in total. The van der Waals surface area contributed by atoms with Crippen molar-refractivity contribution in [3.8, 4) is 0 Å². The second-order valence-corrected chi connectivity index (χ2v) is 2.56. The Morgan fingerprint density at radius 3 is 2.64 bits per heavy atom. The zero-order valence-corrected chi connectivity index (χ0v) is 5.85. The molecule has 0 radical (unpaired) electrons. The molecule has 1 heterocycles. The van der Waals surface area contributed by atoms with Gasteiger partial charge in [-0.3, -0.25) is 0 Å². The van der Waals surface area contributed by atoms with E-state index in [1.54, 1.807) is 0 Å². The Bertz CT molecular complexity index is 130. The first-order valence-corrected chi connectivity index (χ1v) is 3.39. The lowest BCUT2D eigenvalue weighted by Gasteiger charge is -2.32. The number of rotatable bonds is 1. The summed E-state index contributed by atoms with van der Waals surface area (Å²) in [6, 6.07) is 0. The lowest BCUT2D eigenvalue weighted by atomic mass is 10.0. The fourth-order valence-corrected chi connectivity index (χ4v) is 1.01. The van der Waals surface area contributed by atoms with Crippen LogP contribution in [0.2, 0.25) is 0 Å². The highest BCUT2D eigenvalue weighted by Crippen LogP contribution is 2.17. The van der Waals surface area contributed by atoms with Crippen molar-refractivity contribution < 1.29 is 24.4 Å². The molecule has 2 unspecified atom stereocenters. The Morgan fingerprint density at radius 1 is 1.45 bits per heavy atom. The van der Waals surface area contributed by atoms with Crippen molar-refractivity contribution in [2.45, 2.75) is 24.5 Å². The van der Waals surface area contributed by atoms with Crippen molar-refractivity contribution in [2.24, 2.45) is 0 Å². The molecule has 1 rings (SSSR count). The first-order chi connectivity index (χ1) is 5.16. The van der Waals surface area contributed by atoms with Gasteiger partial charge in [-0.05, 0) is 0 Å². The summed E-state index contributed by atoms with van der Waals surface area (Å²) in [5, 5.41) is 26.3. The summed E-state index contributed by atoms with van der Waals surface area (Å²) >= 11 is 0. The van der Waals surface area contributed by atoms with Gasteiger partial charge in [-0.1, -0.05) is 0 Å². The molecule has 11 heavy (non-hydrogen) atoms. The summed E-state index contributed by atoms with van der Waals surface area (Å²) in [7, 11) is 0. The van der Waals surface area contributed by atoms with Gasteiger partial charge in [-0.2, -0.15) is 0 Å². The molecule has 66 valence electrons. The molecular weight excluding hydrogens is 155 g/mol. The zero-order valence-electron chi connectivity index (χ0n) is 5.85. The highest BCUT2D eigenvalue weighted by molar-refractivity contribution is 4.86. The number of aliphatic hydroxyl groups is 3. The van der Waals surface area contributed by atoms with E-state index in [0.717, 1.165) is 0 Å². The van der Waals surface area contributed by atoms with Crippen LogP contribution in [0.1, 0.15) is 0 Å². The SMILES string of the molecule is OCC1OCC(O)[C@H](F)[C@@H]1O. The van der Waals surface area contributed by atoms with E-state index in [4.69, 9.17) is 20.1 Å². The fourth-order valence-electron chi connectivity index (χ4n) is 1.01. The Balaban J connectivity index is 2.52. The quantitative estimate of drug-likeness (QED) is 0.440. The zero-order chi connectivity index (χ0) is 8.43. The number of halogens is 1. The van der Waals surface area contributed by atoms with Crippen LogP contribution in [-0.4, -0.2) is 53.0 Å². The molecule has 5 heteroatoms. The number of ether oxygens (including phenoxy) is 1. The Morgan fingerprint density at radius 2 is 2.09 bits per heavy atom. The van der Waals surface area contributed by atoms with Gasteiger partial charge in [0.25, 0.3) is 0 Å². The third kappa shape index (κ3) is 1.67. The molecule has 4 atom stereocenters. The van der Waals surface area contributed by atoms with E-state index in [1.165, 1.54) is 0 Å². The predicted molar refractivity (Wildman–Crippen MR) is 33.7 cm³/mol. The average Bonchev–Trinajstić information content (AvgIpc) is 2.01. The minimum absolute atomic E-state index is 0.177. The van der Waals surface area contributed by atoms with Gasteiger partial charge >= 0.3 is 0 Å². The van der Waals surface area contributed by atoms with Crippen molar-refractivity contribution >= 4 is 0 Å². The van der Waals surface area contributed by atoms with E-state index in [9.17, 15) is 4.39 Å². The minimum atomic E-state index is -1.72. The van der Waals surface area contributed by atoms with Crippen molar-refractivity contribution in [3.05, 3.63) is 0 Å². The Labute approximate surface area is 63.2 Å². The highest BCUT2D eigenvalue weighted by Gasteiger charge is 2.38. The molecule has 0 amide bonds. The summed E-state index contributed by atoms with van der Waals surface area (Å²) < 4.78 is 17.4. The number of hydrogen-bond donors (Lipinski definition) is 3. The van der Waals surface area contributed by atoms with E-state index in [1.807, 2.05) is 0 Å². The second-order valence-electron chi connectivity index (χ2n) is 2.56. The molecule has 0 bridgehead atoms. The molecule has 0 saturated carbocycles. The van der Waals surface area contributed by atoms with Crippen LogP contribution in [0.4, 0.5) is 4.39 Å². The van der Waals surface area contributed by atoms with Gasteiger partial charge in [0, 0.05) is 0 Å². The Hall–Kier alpha value is -0.230. The molecule has 0 aliphatic carbocycles. The van der Waals surface area contributed by atoms with Crippen LogP contribution in [0.15, 0.2) is 0 Å².